The molecule has 2 aliphatic rings. The predicted octanol–water partition coefficient (Wildman–Crippen LogP) is 7.80. The number of ether oxygens (including phenoxy) is 3. The summed E-state index contributed by atoms with van der Waals surface area (Å²) in [7, 11) is 0. The van der Waals surface area contributed by atoms with Crippen LogP contribution in [0, 0.1) is 0 Å². The molecule has 6 rings (SSSR count). The normalized spacial score (nSPS) is 15.6. The molecule has 0 aliphatic carbocycles. The van der Waals surface area contributed by atoms with Crippen LogP contribution in [0.3, 0.4) is 0 Å². The van der Waals surface area contributed by atoms with Crippen molar-refractivity contribution >= 4 is 67.3 Å². The van der Waals surface area contributed by atoms with Crippen molar-refractivity contribution in [2.45, 2.75) is 13.2 Å². The zero-order valence-corrected chi connectivity index (χ0v) is 22.9. The molecule has 0 aromatic heterocycles. The van der Waals surface area contributed by atoms with Crippen molar-refractivity contribution in [1.82, 2.24) is 4.90 Å². The zero-order valence-electron chi connectivity index (χ0n) is 19.8. The molecule has 0 bridgehead atoms. The van der Waals surface area contributed by atoms with Gasteiger partial charge < -0.3 is 14.2 Å². The highest BCUT2D eigenvalue weighted by atomic mass is 79.9. The van der Waals surface area contributed by atoms with Gasteiger partial charge in [0.05, 0.1) is 11.4 Å². The van der Waals surface area contributed by atoms with Crippen LogP contribution >= 0.6 is 39.3 Å². The number of halogens is 2. The quantitative estimate of drug-likeness (QED) is 0.208. The summed E-state index contributed by atoms with van der Waals surface area (Å²) in [5, 5.41) is 2.29. The zero-order chi connectivity index (χ0) is 26.2. The second kappa shape index (κ2) is 10.4. The van der Waals surface area contributed by atoms with Crippen molar-refractivity contribution in [3.05, 3.63) is 104 Å². The lowest BCUT2D eigenvalue weighted by Gasteiger charge is -2.14. The Balaban J connectivity index is 1.24. The highest BCUT2D eigenvalue weighted by Gasteiger charge is 2.36. The molecule has 0 spiro atoms. The number of amides is 2. The first-order valence-corrected chi connectivity index (χ1v) is 13.7. The third-order valence-electron chi connectivity index (χ3n) is 6.27. The molecule has 1 fully saturated rings. The lowest BCUT2D eigenvalue weighted by atomic mass is 10.1. The second-order valence-electron chi connectivity index (χ2n) is 8.67. The summed E-state index contributed by atoms with van der Waals surface area (Å²) in [4.78, 5) is 27.5. The molecule has 0 atom stereocenters. The molecule has 2 heterocycles. The smallest absolute Gasteiger partial charge is 0.293 e. The van der Waals surface area contributed by atoms with E-state index in [4.69, 9.17) is 25.8 Å². The van der Waals surface area contributed by atoms with E-state index in [-0.39, 0.29) is 18.6 Å². The number of imide groups is 1. The van der Waals surface area contributed by atoms with E-state index in [9.17, 15) is 9.59 Å². The van der Waals surface area contributed by atoms with E-state index in [1.165, 1.54) is 4.90 Å². The summed E-state index contributed by atoms with van der Waals surface area (Å²) >= 11 is 10.8. The number of carbonyl (C=O) groups excluding carboxylic acids is 2. The Labute approximate surface area is 236 Å². The van der Waals surface area contributed by atoms with Gasteiger partial charge in [-0.25, -0.2) is 0 Å². The molecular formula is C29H19BrClNO5S. The first kappa shape index (κ1) is 24.9. The molecule has 38 heavy (non-hydrogen) atoms. The molecule has 190 valence electrons. The van der Waals surface area contributed by atoms with Gasteiger partial charge in [-0.3, -0.25) is 14.5 Å². The van der Waals surface area contributed by atoms with Crippen molar-refractivity contribution in [1.29, 1.82) is 0 Å². The van der Waals surface area contributed by atoms with E-state index in [1.54, 1.807) is 18.2 Å². The summed E-state index contributed by atoms with van der Waals surface area (Å²) in [6, 6.07) is 23.2. The number of hydrogen-bond donors (Lipinski definition) is 0. The fourth-order valence-corrected chi connectivity index (χ4v) is 5.79. The van der Waals surface area contributed by atoms with E-state index in [0.717, 1.165) is 32.6 Å². The Hall–Kier alpha value is -3.46. The summed E-state index contributed by atoms with van der Waals surface area (Å²) in [5.74, 6) is 1.29. The van der Waals surface area contributed by atoms with Crippen molar-refractivity contribution < 1.29 is 23.8 Å². The fraction of sp³-hybridized carbons (Fsp3) is 0.103. The fourth-order valence-electron chi connectivity index (χ4n) is 4.37. The van der Waals surface area contributed by atoms with Crippen LogP contribution in [-0.2, 0) is 17.9 Å². The van der Waals surface area contributed by atoms with E-state index < -0.39 is 5.91 Å². The van der Waals surface area contributed by atoms with Crippen molar-refractivity contribution in [3.63, 3.8) is 0 Å². The Kier molecular flexibility index (Phi) is 6.78. The standard InChI is InChI=1S/C29H19BrClNO5S/c30-21-8-9-24(35-15-18-6-3-5-17-4-1-2-7-22(17)18)19(10-21)12-27-28(33)32(29(34)38-27)14-20-11-25-26(13-23(20)31)37-16-36-25/h1-13H,14-16H2/b27-12-. The van der Waals surface area contributed by atoms with Gasteiger partial charge in [0, 0.05) is 21.1 Å². The van der Waals surface area contributed by atoms with Crippen LogP contribution in [0.15, 0.2) is 82.2 Å². The summed E-state index contributed by atoms with van der Waals surface area (Å²) in [5.41, 5.74) is 2.34. The molecule has 2 amide bonds. The highest BCUT2D eigenvalue weighted by molar-refractivity contribution is 9.10. The van der Waals surface area contributed by atoms with Crippen molar-refractivity contribution in [2.75, 3.05) is 6.79 Å². The van der Waals surface area contributed by atoms with Crippen molar-refractivity contribution in [3.8, 4) is 17.2 Å². The third kappa shape index (κ3) is 4.87. The van der Waals surface area contributed by atoms with Crippen LogP contribution in [0.2, 0.25) is 5.02 Å². The van der Waals surface area contributed by atoms with Gasteiger partial charge in [0.25, 0.3) is 11.1 Å². The number of benzene rings is 4. The molecule has 0 N–H and O–H groups in total. The van der Waals surface area contributed by atoms with Gasteiger partial charge in [-0.2, -0.15) is 0 Å². The topological polar surface area (TPSA) is 65.1 Å². The van der Waals surface area contributed by atoms with Crippen LogP contribution in [0.4, 0.5) is 4.79 Å². The first-order valence-electron chi connectivity index (χ1n) is 11.7. The van der Waals surface area contributed by atoms with E-state index >= 15 is 0 Å². The van der Waals surface area contributed by atoms with Gasteiger partial charge in [-0.15, -0.1) is 0 Å². The van der Waals surface area contributed by atoms with Gasteiger partial charge in [-0.05, 0) is 64.0 Å². The SMILES string of the molecule is O=C1S/C(=C\c2cc(Br)ccc2OCc2cccc3ccccc23)C(=O)N1Cc1cc2c(cc1Cl)OCO2. The average Bonchev–Trinajstić information content (AvgIpc) is 3.47. The molecule has 9 heteroatoms. The molecule has 4 aromatic rings. The lowest BCUT2D eigenvalue weighted by molar-refractivity contribution is -0.123. The van der Waals surface area contributed by atoms with Crippen LogP contribution in [0.25, 0.3) is 16.8 Å². The van der Waals surface area contributed by atoms with E-state index in [1.807, 2.05) is 42.5 Å². The van der Waals surface area contributed by atoms with Gasteiger partial charge in [-0.1, -0.05) is 70.0 Å². The minimum atomic E-state index is -0.395. The Bertz CT molecular complexity index is 1630. The monoisotopic (exact) mass is 607 g/mol. The van der Waals surface area contributed by atoms with Crippen LogP contribution in [-0.4, -0.2) is 22.8 Å². The maximum absolute atomic E-state index is 13.3. The van der Waals surface area contributed by atoms with Crippen LogP contribution in [0.5, 0.6) is 17.2 Å². The minimum absolute atomic E-state index is 0.0282. The van der Waals surface area contributed by atoms with E-state index in [0.29, 0.717) is 44.9 Å². The van der Waals surface area contributed by atoms with Gasteiger partial charge in [0.1, 0.15) is 12.4 Å². The molecule has 6 nitrogen and oxygen atoms in total. The molecule has 2 aliphatic heterocycles. The maximum Gasteiger partial charge on any atom is 0.293 e. The highest BCUT2D eigenvalue weighted by Crippen LogP contribution is 2.40. The predicted molar refractivity (Wildman–Crippen MR) is 152 cm³/mol. The minimum Gasteiger partial charge on any atom is -0.488 e. The number of nitrogens with zero attached hydrogens (tertiary/aromatic N) is 1. The van der Waals surface area contributed by atoms with Gasteiger partial charge in [0.15, 0.2) is 11.5 Å². The number of thioether (sulfide) groups is 1. The second-order valence-corrected chi connectivity index (χ2v) is 11.0. The summed E-state index contributed by atoms with van der Waals surface area (Å²) in [6.07, 6.45) is 1.69. The molecule has 0 unspecified atom stereocenters. The largest absolute Gasteiger partial charge is 0.488 e. The molecule has 0 radical (unpaired) electrons. The summed E-state index contributed by atoms with van der Waals surface area (Å²) in [6.45, 7) is 0.491. The summed E-state index contributed by atoms with van der Waals surface area (Å²) < 4.78 is 17.8. The average molecular weight is 609 g/mol. The van der Waals surface area contributed by atoms with Crippen LogP contribution in [0.1, 0.15) is 16.7 Å². The molecular weight excluding hydrogens is 590 g/mol. The third-order valence-corrected chi connectivity index (χ3v) is 8.02. The molecule has 4 aromatic carbocycles. The van der Waals surface area contributed by atoms with Gasteiger partial charge in [0.2, 0.25) is 6.79 Å². The molecule has 0 saturated carbocycles. The first-order chi connectivity index (χ1) is 18.5. The van der Waals surface area contributed by atoms with E-state index in [2.05, 4.69) is 34.1 Å². The number of hydrogen-bond acceptors (Lipinski definition) is 6. The molecule has 1 saturated heterocycles. The van der Waals surface area contributed by atoms with Crippen molar-refractivity contribution in [2.24, 2.45) is 0 Å². The Morgan fingerprint density at radius 3 is 2.63 bits per heavy atom. The lowest BCUT2D eigenvalue weighted by Crippen LogP contribution is -2.27. The maximum atomic E-state index is 13.3. The Morgan fingerprint density at radius 1 is 0.974 bits per heavy atom. The number of fused-ring (bicyclic) bond motifs is 2. The van der Waals surface area contributed by atoms with Crippen LogP contribution < -0.4 is 14.2 Å². The van der Waals surface area contributed by atoms with Gasteiger partial charge >= 0.3 is 0 Å². The number of carbonyl (C=O) groups is 2. The Morgan fingerprint density at radius 2 is 1.76 bits per heavy atom. The number of rotatable bonds is 6.